The van der Waals surface area contributed by atoms with Gasteiger partial charge in [0.15, 0.2) is 0 Å². The molecule has 3 N–H and O–H groups in total. The first-order valence-electron chi connectivity index (χ1n) is 8.94. The van der Waals surface area contributed by atoms with Crippen molar-refractivity contribution in [1.82, 2.24) is 15.1 Å². The molecule has 0 atom stereocenters. The molecule has 7 heteroatoms. The van der Waals surface area contributed by atoms with Gasteiger partial charge in [-0.15, -0.1) is 0 Å². The van der Waals surface area contributed by atoms with Crippen molar-refractivity contribution in [2.24, 2.45) is 0 Å². The zero-order valence-electron chi connectivity index (χ0n) is 15.8. The molecule has 0 bridgehead atoms. The topological polar surface area (TPSA) is 99.2 Å². The molecule has 1 aromatic heterocycles. The molecule has 7 nitrogen and oxygen atoms in total. The maximum Gasteiger partial charge on any atom is 0.343 e. The summed E-state index contributed by atoms with van der Waals surface area (Å²) in [7, 11) is 0. The van der Waals surface area contributed by atoms with E-state index in [-0.39, 0.29) is 23.9 Å². The largest absolute Gasteiger partial charge is 0.462 e. The van der Waals surface area contributed by atoms with Gasteiger partial charge in [-0.3, -0.25) is 4.79 Å². The van der Waals surface area contributed by atoms with E-state index in [0.717, 1.165) is 11.1 Å². The minimum absolute atomic E-state index is 0.172. The van der Waals surface area contributed by atoms with Gasteiger partial charge in [0.25, 0.3) is 5.91 Å². The van der Waals surface area contributed by atoms with E-state index in [4.69, 9.17) is 10.5 Å². The zero-order valence-corrected chi connectivity index (χ0v) is 15.8. The zero-order chi connectivity index (χ0) is 20.1. The number of benzene rings is 2. The predicted molar refractivity (Wildman–Crippen MR) is 106 cm³/mol. The van der Waals surface area contributed by atoms with Crippen LogP contribution in [0, 0.1) is 6.92 Å². The average Bonchev–Trinajstić information content (AvgIpc) is 3.08. The number of ether oxygens (including phenoxy) is 1. The first kappa shape index (κ1) is 19.2. The maximum atomic E-state index is 12.4. The van der Waals surface area contributed by atoms with Gasteiger partial charge in [0.05, 0.1) is 18.5 Å². The Morgan fingerprint density at radius 3 is 2.61 bits per heavy atom. The number of nitrogens with one attached hydrogen (secondary N) is 1. The number of carbonyl (C=O) groups is 2. The van der Waals surface area contributed by atoms with Crippen LogP contribution in [-0.2, 0) is 11.3 Å². The quantitative estimate of drug-likeness (QED) is 0.643. The standard InChI is InChI=1S/C21H22N4O3/c1-3-28-21(27)18-13-24-25(19(18)22)17-9-7-16(8-10-17)20(26)23-12-15-6-4-5-14(2)11-15/h4-11,13H,3,12,22H2,1-2H3,(H,23,26). The fourth-order valence-corrected chi connectivity index (χ4v) is 2.79. The summed E-state index contributed by atoms with van der Waals surface area (Å²) in [5, 5.41) is 7.04. The molecule has 0 aliphatic carbocycles. The number of anilines is 1. The number of esters is 1. The minimum atomic E-state index is -0.515. The molecule has 2 aromatic carbocycles. The summed E-state index contributed by atoms with van der Waals surface area (Å²) in [6, 6.07) is 14.8. The molecule has 0 aliphatic rings. The SMILES string of the molecule is CCOC(=O)c1cnn(-c2ccc(C(=O)NCc3cccc(C)c3)cc2)c1N. The first-order chi connectivity index (χ1) is 13.5. The van der Waals surface area contributed by atoms with Crippen molar-refractivity contribution in [1.29, 1.82) is 0 Å². The highest BCUT2D eigenvalue weighted by Gasteiger charge is 2.17. The van der Waals surface area contributed by atoms with Crippen LogP contribution in [0.3, 0.4) is 0 Å². The van der Waals surface area contributed by atoms with Crippen LogP contribution in [0.2, 0.25) is 0 Å². The number of nitrogens with zero attached hydrogens (tertiary/aromatic N) is 2. The molecule has 144 valence electrons. The summed E-state index contributed by atoms with van der Waals surface area (Å²) in [5.74, 6) is -0.498. The van der Waals surface area contributed by atoms with Gasteiger partial charge in [-0.05, 0) is 43.7 Å². The monoisotopic (exact) mass is 378 g/mol. The number of aromatic nitrogens is 2. The van der Waals surface area contributed by atoms with Crippen molar-refractivity contribution in [2.45, 2.75) is 20.4 Å². The van der Waals surface area contributed by atoms with Crippen LogP contribution < -0.4 is 11.1 Å². The fourth-order valence-electron chi connectivity index (χ4n) is 2.79. The smallest absolute Gasteiger partial charge is 0.343 e. The van der Waals surface area contributed by atoms with E-state index in [2.05, 4.69) is 10.4 Å². The summed E-state index contributed by atoms with van der Waals surface area (Å²) in [5.41, 5.74) is 9.57. The van der Waals surface area contributed by atoms with E-state index < -0.39 is 5.97 Å². The second kappa shape index (κ2) is 8.39. The second-order valence-corrected chi connectivity index (χ2v) is 6.29. The summed E-state index contributed by atoms with van der Waals surface area (Å²) >= 11 is 0. The Bertz CT molecular complexity index is 993. The molecular weight excluding hydrogens is 356 g/mol. The Hall–Kier alpha value is -3.61. The fraction of sp³-hybridized carbons (Fsp3) is 0.190. The molecule has 28 heavy (non-hydrogen) atoms. The van der Waals surface area contributed by atoms with Gasteiger partial charge in [0.2, 0.25) is 0 Å². The third kappa shape index (κ3) is 4.20. The summed E-state index contributed by atoms with van der Waals surface area (Å²) < 4.78 is 6.39. The Balaban J connectivity index is 1.69. The van der Waals surface area contributed by atoms with Gasteiger partial charge < -0.3 is 15.8 Å². The number of nitrogen functional groups attached to an aromatic ring is 1. The van der Waals surface area contributed by atoms with Crippen molar-refractivity contribution < 1.29 is 14.3 Å². The molecule has 0 aliphatic heterocycles. The summed E-state index contributed by atoms with van der Waals surface area (Å²) in [4.78, 5) is 24.2. The predicted octanol–water partition coefficient (Wildman–Crippen LogP) is 2.87. The molecule has 0 saturated carbocycles. The molecule has 0 fully saturated rings. The van der Waals surface area contributed by atoms with Gasteiger partial charge in [0, 0.05) is 12.1 Å². The van der Waals surface area contributed by atoms with Crippen LogP contribution in [0.5, 0.6) is 0 Å². The van der Waals surface area contributed by atoms with E-state index in [0.29, 0.717) is 17.8 Å². The summed E-state index contributed by atoms with van der Waals surface area (Å²) in [6.07, 6.45) is 1.37. The highest BCUT2D eigenvalue weighted by Crippen LogP contribution is 2.18. The molecule has 0 spiro atoms. The van der Waals surface area contributed by atoms with E-state index in [9.17, 15) is 9.59 Å². The van der Waals surface area contributed by atoms with Gasteiger partial charge in [-0.1, -0.05) is 29.8 Å². The van der Waals surface area contributed by atoms with Crippen molar-refractivity contribution in [3.8, 4) is 5.69 Å². The van der Waals surface area contributed by atoms with E-state index >= 15 is 0 Å². The lowest BCUT2D eigenvalue weighted by molar-refractivity contribution is 0.0527. The number of carbonyl (C=O) groups excluding carboxylic acids is 2. The summed E-state index contributed by atoms with van der Waals surface area (Å²) in [6.45, 7) is 4.45. The van der Waals surface area contributed by atoms with Crippen LogP contribution >= 0.6 is 0 Å². The number of nitrogens with two attached hydrogens (primary N) is 1. The average molecular weight is 378 g/mol. The van der Waals surface area contributed by atoms with E-state index in [1.807, 2.05) is 31.2 Å². The Morgan fingerprint density at radius 1 is 1.18 bits per heavy atom. The van der Waals surface area contributed by atoms with Crippen LogP contribution in [0.4, 0.5) is 5.82 Å². The molecular formula is C21H22N4O3. The third-order valence-electron chi connectivity index (χ3n) is 4.21. The Kier molecular flexibility index (Phi) is 5.74. The number of amides is 1. The number of hydrogen-bond acceptors (Lipinski definition) is 5. The van der Waals surface area contributed by atoms with Crippen LogP contribution in [0.1, 0.15) is 38.8 Å². The normalized spacial score (nSPS) is 10.5. The van der Waals surface area contributed by atoms with Crippen molar-refractivity contribution >= 4 is 17.7 Å². The maximum absolute atomic E-state index is 12.4. The molecule has 3 aromatic rings. The van der Waals surface area contributed by atoms with E-state index in [1.165, 1.54) is 10.9 Å². The number of hydrogen-bond donors (Lipinski definition) is 2. The van der Waals surface area contributed by atoms with Crippen LogP contribution in [0.15, 0.2) is 54.7 Å². The molecule has 1 heterocycles. The van der Waals surface area contributed by atoms with Crippen LogP contribution in [-0.4, -0.2) is 28.3 Å². The van der Waals surface area contributed by atoms with Gasteiger partial charge in [0.1, 0.15) is 11.4 Å². The van der Waals surface area contributed by atoms with Gasteiger partial charge in [-0.2, -0.15) is 5.10 Å². The minimum Gasteiger partial charge on any atom is -0.462 e. The van der Waals surface area contributed by atoms with Gasteiger partial charge >= 0.3 is 5.97 Å². The molecule has 0 unspecified atom stereocenters. The van der Waals surface area contributed by atoms with Gasteiger partial charge in [-0.25, -0.2) is 9.48 Å². The van der Waals surface area contributed by atoms with Crippen molar-refractivity contribution in [2.75, 3.05) is 12.3 Å². The number of rotatable bonds is 6. The highest BCUT2D eigenvalue weighted by molar-refractivity contribution is 5.95. The first-order valence-corrected chi connectivity index (χ1v) is 8.94. The van der Waals surface area contributed by atoms with Crippen LogP contribution in [0.25, 0.3) is 5.69 Å². The second-order valence-electron chi connectivity index (χ2n) is 6.29. The highest BCUT2D eigenvalue weighted by atomic mass is 16.5. The van der Waals surface area contributed by atoms with Crippen molar-refractivity contribution in [3.63, 3.8) is 0 Å². The Morgan fingerprint density at radius 2 is 1.93 bits per heavy atom. The number of aryl methyl sites for hydroxylation is 1. The molecule has 3 rings (SSSR count). The lowest BCUT2D eigenvalue weighted by atomic mass is 10.1. The lowest BCUT2D eigenvalue weighted by Crippen LogP contribution is -2.22. The lowest BCUT2D eigenvalue weighted by Gasteiger charge is -2.08. The Labute approximate surface area is 163 Å². The molecule has 0 radical (unpaired) electrons. The third-order valence-corrected chi connectivity index (χ3v) is 4.21. The van der Waals surface area contributed by atoms with Crippen molar-refractivity contribution in [3.05, 3.63) is 77.0 Å². The molecule has 1 amide bonds. The molecule has 0 saturated heterocycles. The van der Waals surface area contributed by atoms with E-state index in [1.54, 1.807) is 31.2 Å².